The van der Waals surface area contributed by atoms with E-state index in [1.54, 1.807) is 12.7 Å². The lowest BCUT2D eigenvalue weighted by molar-refractivity contribution is -0.0298. The van der Waals surface area contributed by atoms with Crippen LogP contribution in [0, 0.1) is 11.3 Å². The summed E-state index contributed by atoms with van der Waals surface area (Å²) in [5, 5.41) is 8.90. The number of rotatable bonds is 3. The van der Waals surface area contributed by atoms with E-state index in [9.17, 15) is 0 Å². The zero-order chi connectivity index (χ0) is 16.4. The van der Waals surface area contributed by atoms with Gasteiger partial charge in [0.05, 0.1) is 18.8 Å². The van der Waals surface area contributed by atoms with Gasteiger partial charge in [0.1, 0.15) is 23.8 Å². The Labute approximate surface area is 139 Å². The minimum Gasteiger partial charge on any atom is -0.358 e. The van der Waals surface area contributed by atoms with Gasteiger partial charge in [0.15, 0.2) is 5.65 Å². The Hall–Kier alpha value is -2.78. The Kier molecular flexibility index (Phi) is 3.93. The molecule has 3 aromatic rings. The lowest BCUT2D eigenvalue weighted by Gasteiger charge is -2.23. The maximum absolute atomic E-state index is 8.90. The third-order valence-electron chi connectivity index (χ3n) is 4.31. The van der Waals surface area contributed by atoms with Gasteiger partial charge in [0.2, 0.25) is 0 Å². The SMILES string of the molecule is N#CCc1cccc(-c2ncnc3c2ncn3C2CCCCO2)c1. The van der Waals surface area contributed by atoms with Crippen molar-refractivity contribution in [2.45, 2.75) is 31.9 Å². The summed E-state index contributed by atoms with van der Waals surface area (Å²) in [6.07, 6.45) is 6.96. The largest absolute Gasteiger partial charge is 0.358 e. The maximum Gasteiger partial charge on any atom is 0.165 e. The van der Waals surface area contributed by atoms with Gasteiger partial charge in [-0.2, -0.15) is 5.26 Å². The highest BCUT2D eigenvalue weighted by Gasteiger charge is 2.20. The average Bonchev–Trinajstić information content (AvgIpc) is 3.07. The van der Waals surface area contributed by atoms with Crippen LogP contribution in [-0.4, -0.2) is 26.1 Å². The number of nitriles is 1. The molecule has 1 atom stereocenters. The number of ether oxygens (including phenoxy) is 1. The standard InChI is InChI=1S/C18H17N5O/c19-8-7-13-4-3-5-14(10-13)16-17-18(21-11-20-16)23(12-22-17)15-6-1-2-9-24-15/h3-5,10-12,15H,1-2,6-7,9H2. The predicted molar refractivity (Wildman–Crippen MR) is 88.9 cm³/mol. The molecular formula is C18H17N5O. The van der Waals surface area contributed by atoms with Crippen molar-refractivity contribution in [2.75, 3.05) is 6.61 Å². The van der Waals surface area contributed by atoms with Gasteiger partial charge in [-0.25, -0.2) is 15.0 Å². The molecule has 1 aromatic carbocycles. The van der Waals surface area contributed by atoms with E-state index in [-0.39, 0.29) is 6.23 Å². The van der Waals surface area contributed by atoms with Crippen LogP contribution >= 0.6 is 0 Å². The Bertz CT molecular complexity index is 905. The molecule has 0 spiro atoms. The highest BCUT2D eigenvalue weighted by molar-refractivity contribution is 5.87. The summed E-state index contributed by atoms with van der Waals surface area (Å²) in [7, 11) is 0. The molecule has 1 fully saturated rings. The summed E-state index contributed by atoms with van der Waals surface area (Å²) in [6, 6.07) is 10.0. The highest BCUT2D eigenvalue weighted by Crippen LogP contribution is 2.29. The van der Waals surface area contributed by atoms with E-state index in [0.29, 0.717) is 6.42 Å². The Morgan fingerprint density at radius 1 is 1.25 bits per heavy atom. The molecular weight excluding hydrogens is 302 g/mol. The van der Waals surface area contributed by atoms with E-state index in [1.807, 2.05) is 28.8 Å². The van der Waals surface area contributed by atoms with Crippen LogP contribution in [0.15, 0.2) is 36.9 Å². The molecule has 2 aromatic heterocycles. The summed E-state index contributed by atoms with van der Waals surface area (Å²) in [5.74, 6) is 0. The van der Waals surface area contributed by atoms with E-state index in [4.69, 9.17) is 10.00 Å². The van der Waals surface area contributed by atoms with Crippen LogP contribution in [0.1, 0.15) is 31.1 Å². The highest BCUT2D eigenvalue weighted by atomic mass is 16.5. The Morgan fingerprint density at radius 2 is 2.21 bits per heavy atom. The van der Waals surface area contributed by atoms with Crippen LogP contribution in [0.5, 0.6) is 0 Å². The van der Waals surface area contributed by atoms with Gasteiger partial charge in [0.25, 0.3) is 0 Å². The first-order chi connectivity index (χ1) is 11.9. The van der Waals surface area contributed by atoms with Crippen LogP contribution in [0.25, 0.3) is 22.4 Å². The second kappa shape index (κ2) is 6.38. The van der Waals surface area contributed by atoms with Crippen molar-refractivity contribution in [3.63, 3.8) is 0 Å². The van der Waals surface area contributed by atoms with Crippen LogP contribution in [-0.2, 0) is 11.2 Å². The summed E-state index contributed by atoms with van der Waals surface area (Å²) in [4.78, 5) is 13.4. The molecule has 4 rings (SSSR count). The van der Waals surface area contributed by atoms with Gasteiger partial charge in [-0.3, -0.25) is 4.57 Å². The molecule has 6 nitrogen and oxygen atoms in total. The monoisotopic (exact) mass is 319 g/mol. The van der Waals surface area contributed by atoms with Crippen LogP contribution in [0.3, 0.4) is 0 Å². The normalized spacial score (nSPS) is 17.7. The van der Waals surface area contributed by atoms with Crippen LogP contribution in [0.4, 0.5) is 0 Å². The fourth-order valence-corrected chi connectivity index (χ4v) is 3.14. The van der Waals surface area contributed by atoms with Gasteiger partial charge in [-0.1, -0.05) is 18.2 Å². The van der Waals surface area contributed by atoms with Gasteiger partial charge < -0.3 is 4.74 Å². The van der Waals surface area contributed by atoms with Crippen LogP contribution in [0.2, 0.25) is 0 Å². The zero-order valence-electron chi connectivity index (χ0n) is 13.2. The van der Waals surface area contributed by atoms with E-state index >= 15 is 0 Å². The fraction of sp³-hybridized carbons (Fsp3) is 0.333. The molecule has 0 aliphatic carbocycles. The maximum atomic E-state index is 8.90. The Balaban J connectivity index is 1.78. The Morgan fingerprint density at radius 3 is 3.04 bits per heavy atom. The summed E-state index contributed by atoms with van der Waals surface area (Å²) >= 11 is 0. The third kappa shape index (κ3) is 2.63. The second-order valence-electron chi connectivity index (χ2n) is 5.90. The van der Waals surface area contributed by atoms with Gasteiger partial charge in [-0.15, -0.1) is 0 Å². The minimum atomic E-state index is -0.00331. The van der Waals surface area contributed by atoms with Crippen molar-refractivity contribution in [2.24, 2.45) is 0 Å². The van der Waals surface area contributed by atoms with Gasteiger partial charge in [-0.05, 0) is 30.9 Å². The number of hydrogen-bond donors (Lipinski definition) is 0. The number of hydrogen-bond acceptors (Lipinski definition) is 5. The first-order valence-electron chi connectivity index (χ1n) is 8.12. The quantitative estimate of drug-likeness (QED) is 0.740. The molecule has 0 radical (unpaired) electrons. The van der Waals surface area contributed by atoms with Crippen molar-refractivity contribution in [1.29, 1.82) is 5.26 Å². The molecule has 120 valence electrons. The number of imidazole rings is 1. The molecule has 24 heavy (non-hydrogen) atoms. The zero-order valence-corrected chi connectivity index (χ0v) is 13.2. The van der Waals surface area contributed by atoms with Crippen molar-refractivity contribution >= 4 is 11.2 Å². The van der Waals surface area contributed by atoms with Crippen molar-refractivity contribution in [1.82, 2.24) is 19.5 Å². The summed E-state index contributed by atoms with van der Waals surface area (Å²) in [5.41, 5.74) is 4.26. The van der Waals surface area contributed by atoms with E-state index in [2.05, 4.69) is 21.0 Å². The number of benzene rings is 1. The molecule has 0 bridgehead atoms. The van der Waals surface area contributed by atoms with Gasteiger partial charge in [0, 0.05) is 12.2 Å². The smallest absolute Gasteiger partial charge is 0.165 e. The number of aromatic nitrogens is 4. The lowest BCUT2D eigenvalue weighted by Crippen LogP contribution is -2.17. The fourth-order valence-electron chi connectivity index (χ4n) is 3.14. The lowest BCUT2D eigenvalue weighted by atomic mass is 10.1. The number of fused-ring (bicyclic) bond motifs is 1. The molecule has 0 amide bonds. The second-order valence-corrected chi connectivity index (χ2v) is 5.90. The molecule has 1 unspecified atom stereocenters. The first-order valence-corrected chi connectivity index (χ1v) is 8.12. The van der Waals surface area contributed by atoms with Gasteiger partial charge >= 0.3 is 0 Å². The first kappa shape index (κ1) is 14.8. The molecule has 6 heteroatoms. The molecule has 3 heterocycles. The van der Waals surface area contributed by atoms with E-state index in [0.717, 1.165) is 53.9 Å². The minimum absolute atomic E-state index is 0.00331. The molecule has 0 saturated carbocycles. The summed E-state index contributed by atoms with van der Waals surface area (Å²) in [6.45, 7) is 0.776. The number of nitrogens with zero attached hydrogens (tertiary/aromatic N) is 5. The third-order valence-corrected chi connectivity index (χ3v) is 4.31. The molecule has 1 aliphatic rings. The van der Waals surface area contributed by atoms with Crippen molar-refractivity contribution in [3.8, 4) is 17.3 Å². The van der Waals surface area contributed by atoms with Crippen molar-refractivity contribution in [3.05, 3.63) is 42.5 Å². The topological polar surface area (TPSA) is 76.6 Å². The predicted octanol–water partition coefficient (Wildman–Crippen LogP) is 3.26. The molecule has 0 N–H and O–H groups in total. The van der Waals surface area contributed by atoms with Crippen LogP contribution < -0.4 is 0 Å². The van der Waals surface area contributed by atoms with E-state index in [1.165, 1.54) is 0 Å². The van der Waals surface area contributed by atoms with E-state index < -0.39 is 0 Å². The van der Waals surface area contributed by atoms with Crippen molar-refractivity contribution < 1.29 is 4.74 Å². The summed E-state index contributed by atoms with van der Waals surface area (Å²) < 4.78 is 7.85. The molecule has 1 aliphatic heterocycles. The average molecular weight is 319 g/mol. The molecule has 1 saturated heterocycles.